The van der Waals surface area contributed by atoms with Crippen molar-refractivity contribution in [3.63, 3.8) is 0 Å². The van der Waals surface area contributed by atoms with Crippen molar-refractivity contribution in [2.24, 2.45) is 5.92 Å². The maximum Gasteiger partial charge on any atom is 0.416 e. The van der Waals surface area contributed by atoms with Gasteiger partial charge in [0.25, 0.3) is 0 Å². The fraction of sp³-hybridized carbons (Fsp3) is 0.438. The first-order valence-electron chi connectivity index (χ1n) is 14.6. The molecule has 3 aromatic rings. The van der Waals surface area contributed by atoms with Crippen LogP contribution in [0.25, 0.3) is 0 Å². The van der Waals surface area contributed by atoms with E-state index in [0.29, 0.717) is 30.9 Å². The van der Waals surface area contributed by atoms with E-state index < -0.39 is 41.7 Å². The van der Waals surface area contributed by atoms with E-state index in [4.69, 9.17) is 18.9 Å². The molecule has 1 aromatic heterocycles. The number of hydrogen-bond acceptors (Lipinski definition) is 8. The predicted octanol–water partition coefficient (Wildman–Crippen LogP) is 4.61. The van der Waals surface area contributed by atoms with Crippen LogP contribution in [0.1, 0.15) is 44.2 Å². The van der Waals surface area contributed by atoms with Crippen molar-refractivity contribution in [2.45, 2.75) is 63.8 Å². The second kappa shape index (κ2) is 11.6. The Morgan fingerprint density at radius 3 is 2.56 bits per heavy atom. The summed E-state index contributed by atoms with van der Waals surface area (Å²) >= 11 is 0. The van der Waals surface area contributed by atoms with Crippen molar-refractivity contribution in [2.75, 3.05) is 19.9 Å². The predicted molar refractivity (Wildman–Crippen MR) is 154 cm³/mol. The number of imide groups is 1. The van der Waals surface area contributed by atoms with Gasteiger partial charge in [-0.05, 0) is 62.9 Å². The third-order valence-electron chi connectivity index (χ3n) is 8.11. The van der Waals surface area contributed by atoms with E-state index in [-0.39, 0.29) is 25.9 Å². The number of cyclic esters (lactones) is 1. The number of benzene rings is 2. The molecule has 226 valence electrons. The Bertz CT molecular complexity index is 1470. The molecule has 0 N–H and O–H groups in total. The molecule has 3 aliphatic rings. The van der Waals surface area contributed by atoms with Gasteiger partial charge in [-0.1, -0.05) is 36.4 Å². The maximum absolute atomic E-state index is 14.7. The summed E-state index contributed by atoms with van der Waals surface area (Å²) < 4.78 is 24.2. The molecular formula is C32H36N4O7. The average molecular weight is 589 g/mol. The summed E-state index contributed by atoms with van der Waals surface area (Å²) in [6.07, 6.45) is 3.23. The lowest BCUT2D eigenvalue weighted by molar-refractivity contribution is -0.134. The number of fused-ring (bicyclic) bond motifs is 1. The Balaban J connectivity index is 1.38. The highest BCUT2D eigenvalue weighted by Crippen LogP contribution is 2.44. The van der Waals surface area contributed by atoms with Gasteiger partial charge < -0.3 is 23.8 Å². The van der Waals surface area contributed by atoms with Crippen molar-refractivity contribution >= 4 is 18.1 Å². The first-order valence-corrected chi connectivity index (χ1v) is 14.6. The summed E-state index contributed by atoms with van der Waals surface area (Å²) in [6.45, 7) is 6.34. The second-order valence-electron chi connectivity index (χ2n) is 12.1. The Morgan fingerprint density at radius 2 is 1.81 bits per heavy atom. The molecule has 2 aromatic carbocycles. The van der Waals surface area contributed by atoms with Gasteiger partial charge in [0, 0.05) is 37.4 Å². The highest BCUT2D eigenvalue weighted by atomic mass is 16.7. The Kier molecular flexibility index (Phi) is 7.72. The summed E-state index contributed by atoms with van der Waals surface area (Å²) in [4.78, 5) is 44.4. The number of hydrogen-bond donors (Lipinski definition) is 0. The summed E-state index contributed by atoms with van der Waals surface area (Å²) in [7, 11) is 0. The first-order chi connectivity index (χ1) is 20.7. The molecule has 0 radical (unpaired) electrons. The van der Waals surface area contributed by atoms with E-state index >= 15 is 0 Å². The molecule has 43 heavy (non-hydrogen) atoms. The molecule has 11 heteroatoms. The largest absolute Gasteiger partial charge is 0.454 e. The molecule has 0 unspecified atom stereocenters. The highest BCUT2D eigenvalue weighted by Gasteiger charge is 2.53. The molecular weight excluding hydrogens is 552 g/mol. The topological polar surface area (TPSA) is 112 Å². The molecule has 0 bridgehead atoms. The van der Waals surface area contributed by atoms with Crippen molar-refractivity contribution in [3.05, 3.63) is 78.1 Å². The molecule has 2 saturated heterocycles. The van der Waals surface area contributed by atoms with Crippen molar-refractivity contribution in [1.29, 1.82) is 0 Å². The zero-order valence-electron chi connectivity index (χ0n) is 24.5. The van der Waals surface area contributed by atoms with Gasteiger partial charge in [0.2, 0.25) is 12.7 Å². The standard InChI is InChI=1S/C32H36N4O7/c1-32(2,3)43-30(38)35-18-24(22-10-11-26-27(17-22)42-20-41-26)28(25(35)12-15-34-14-7-13-33-34)29(37)36-23(19-40-31(36)39)16-21-8-5-4-6-9-21/h4-11,13-14,17,23-25,28H,12,15-16,18-20H2,1-3H3/t23-,24+,25-,28+/m0/s1. The SMILES string of the molecule is CC(C)(C)OC(=O)N1C[C@H](c2ccc3c(c2)OCO3)[C@@H](C(=O)N2C(=O)OC[C@@H]2Cc2ccccc2)[C@@H]1CCn1cccn1. The van der Waals surface area contributed by atoms with Crippen LogP contribution in [0.2, 0.25) is 0 Å². The minimum absolute atomic E-state index is 0.106. The van der Waals surface area contributed by atoms with E-state index in [1.165, 1.54) is 4.90 Å². The maximum atomic E-state index is 14.7. The number of ether oxygens (including phenoxy) is 4. The number of amides is 3. The fourth-order valence-electron chi connectivity index (χ4n) is 6.21. The van der Waals surface area contributed by atoms with E-state index in [2.05, 4.69) is 5.10 Å². The lowest BCUT2D eigenvalue weighted by Gasteiger charge is -2.32. The van der Waals surface area contributed by atoms with Gasteiger partial charge >= 0.3 is 12.2 Å². The number of aryl methyl sites for hydroxylation is 1. The lowest BCUT2D eigenvalue weighted by Crippen LogP contribution is -2.49. The molecule has 3 amide bonds. The third kappa shape index (κ3) is 6.02. The number of carbonyl (C=O) groups excluding carboxylic acids is 3. The quantitative estimate of drug-likeness (QED) is 0.393. The van der Waals surface area contributed by atoms with Crippen LogP contribution in [-0.4, -0.2) is 75.3 Å². The van der Waals surface area contributed by atoms with Crippen LogP contribution in [0.15, 0.2) is 67.0 Å². The zero-order valence-corrected chi connectivity index (χ0v) is 24.5. The number of rotatable bonds is 7. The van der Waals surface area contributed by atoms with Crippen LogP contribution in [-0.2, 0) is 27.2 Å². The fourth-order valence-corrected chi connectivity index (χ4v) is 6.21. The smallest absolute Gasteiger partial charge is 0.416 e. The highest BCUT2D eigenvalue weighted by molar-refractivity contribution is 5.96. The Morgan fingerprint density at radius 1 is 1.02 bits per heavy atom. The monoisotopic (exact) mass is 588 g/mol. The van der Waals surface area contributed by atoms with E-state index in [1.807, 2.05) is 81.6 Å². The summed E-state index contributed by atoms with van der Waals surface area (Å²) in [5.41, 5.74) is 1.07. The van der Waals surface area contributed by atoms with Gasteiger partial charge in [-0.15, -0.1) is 0 Å². The molecule has 4 atom stereocenters. The van der Waals surface area contributed by atoms with Crippen LogP contribution in [0, 0.1) is 5.92 Å². The van der Waals surface area contributed by atoms with Gasteiger partial charge in [-0.3, -0.25) is 9.48 Å². The van der Waals surface area contributed by atoms with E-state index in [1.54, 1.807) is 15.8 Å². The summed E-state index contributed by atoms with van der Waals surface area (Å²) in [6, 6.07) is 16.1. The van der Waals surface area contributed by atoms with Crippen LogP contribution >= 0.6 is 0 Å². The normalized spacial score (nSPS) is 23.0. The summed E-state index contributed by atoms with van der Waals surface area (Å²) in [5.74, 6) is -0.372. The molecule has 4 heterocycles. The van der Waals surface area contributed by atoms with Gasteiger partial charge in [0.05, 0.1) is 12.0 Å². The van der Waals surface area contributed by atoms with Gasteiger partial charge in [-0.2, -0.15) is 5.10 Å². The van der Waals surface area contributed by atoms with Crippen LogP contribution in [0.4, 0.5) is 9.59 Å². The Hall–Kier alpha value is -4.54. The van der Waals surface area contributed by atoms with Crippen LogP contribution in [0.5, 0.6) is 11.5 Å². The molecule has 2 fully saturated rings. The van der Waals surface area contributed by atoms with E-state index in [9.17, 15) is 14.4 Å². The van der Waals surface area contributed by atoms with Crippen LogP contribution < -0.4 is 9.47 Å². The molecule has 0 spiro atoms. The van der Waals surface area contributed by atoms with Crippen molar-refractivity contribution in [3.8, 4) is 11.5 Å². The number of nitrogens with zero attached hydrogens (tertiary/aromatic N) is 4. The van der Waals surface area contributed by atoms with Crippen LogP contribution in [0.3, 0.4) is 0 Å². The Labute approximate surface area is 250 Å². The number of aromatic nitrogens is 2. The molecule has 6 rings (SSSR count). The molecule has 0 aliphatic carbocycles. The minimum Gasteiger partial charge on any atom is -0.454 e. The summed E-state index contributed by atoms with van der Waals surface area (Å²) in [5, 5.41) is 4.32. The van der Waals surface area contributed by atoms with Crippen molar-refractivity contribution < 1.29 is 33.3 Å². The molecule has 11 nitrogen and oxygen atoms in total. The van der Waals surface area contributed by atoms with Gasteiger partial charge in [0.1, 0.15) is 12.2 Å². The number of likely N-dealkylation sites (tertiary alicyclic amines) is 1. The van der Waals surface area contributed by atoms with Gasteiger partial charge in [-0.25, -0.2) is 14.5 Å². The average Bonchev–Trinajstić information content (AvgIpc) is 3.77. The zero-order chi connectivity index (χ0) is 30.1. The minimum atomic E-state index is -0.757. The number of carbonyl (C=O) groups is 3. The van der Waals surface area contributed by atoms with Crippen molar-refractivity contribution in [1.82, 2.24) is 19.6 Å². The first kappa shape index (κ1) is 28.6. The lowest BCUT2D eigenvalue weighted by atomic mass is 9.82. The van der Waals surface area contributed by atoms with E-state index in [0.717, 1.165) is 11.1 Å². The second-order valence-corrected chi connectivity index (χ2v) is 12.1. The van der Waals surface area contributed by atoms with Gasteiger partial charge in [0.15, 0.2) is 11.5 Å². The molecule has 0 saturated carbocycles. The third-order valence-corrected chi connectivity index (χ3v) is 8.11. The molecule has 3 aliphatic heterocycles.